The van der Waals surface area contributed by atoms with Gasteiger partial charge in [-0.15, -0.1) is 0 Å². The first kappa shape index (κ1) is 22.8. The Balaban J connectivity index is 1.79. The summed E-state index contributed by atoms with van der Waals surface area (Å²) in [5, 5.41) is 0. The zero-order chi connectivity index (χ0) is 22.2. The van der Waals surface area contributed by atoms with E-state index >= 15 is 0 Å². The van der Waals surface area contributed by atoms with E-state index in [0.717, 1.165) is 22.2 Å². The maximum Gasteiger partial charge on any atom is 0.254 e. The summed E-state index contributed by atoms with van der Waals surface area (Å²) in [6, 6.07) is 21.2. The van der Waals surface area contributed by atoms with Crippen molar-refractivity contribution < 1.29 is 9.59 Å². The molecule has 0 radical (unpaired) electrons. The summed E-state index contributed by atoms with van der Waals surface area (Å²) in [6.07, 6.45) is 2.76. The lowest BCUT2D eigenvalue weighted by Gasteiger charge is -2.28. The van der Waals surface area contributed by atoms with Crippen molar-refractivity contribution in [2.75, 3.05) is 13.1 Å². The van der Waals surface area contributed by atoms with Crippen LogP contribution in [0, 0.1) is 0 Å². The third-order valence-corrected chi connectivity index (χ3v) is 5.70. The van der Waals surface area contributed by atoms with Crippen molar-refractivity contribution in [1.29, 1.82) is 0 Å². The molecule has 0 N–H and O–H groups in total. The molecule has 0 saturated carbocycles. The molecule has 5 nitrogen and oxygen atoms in total. The summed E-state index contributed by atoms with van der Waals surface area (Å²) in [7, 11) is 1.97. The second-order valence-electron chi connectivity index (χ2n) is 7.58. The number of hydrogen-bond donors (Lipinski definition) is 0. The molecule has 3 rings (SSSR count). The van der Waals surface area contributed by atoms with E-state index in [-0.39, 0.29) is 18.4 Å². The van der Waals surface area contributed by atoms with Crippen LogP contribution in [0.2, 0.25) is 0 Å². The number of benzene rings is 2. The molecule has 0 unspecified atom stereocenters. The Morgan fingerprint density at radius 3 is 2.23 bits per heavy atom. The van der Waals surface area contributed by atoms with Crippen LogP contribution in [0.15, 0.2) is 77.4 Å². The number of carbonyl (C=O) groups excluding carboxylic acids is 2. The van der Waals surface area contributed by atoms with Crippen LogP contribution in [0.3, 0.4) is 0 Å². The Hall–Kier alpha value is -2.86. The van der Waals surface area contributed by atoms with Crippen LogP contribution in [0.25, 0.3) is 0 Å². The number of aryl methyl sites for hydroxylation is 1. The standard InChI is InChI=1S/C25H28BrN3O2/c1-3-15-28(25(31)21-11-13-22(26)14-12-21)19-24(30)29(17-20-8-5-4-6-9-20)18-23-10-7-16-27(23)2/h4-14,16H,3,15,17-19H2,1-2H3. The van der Waals surface area contributed by atoms with Gasteiger partial charge < -0.3 is 14.4 Å². The van der Waals surface area contributed by atoms with Gasteiger partial charge in [0.2, 0.25) is 5.91 Å². The Morgan fingerprint density at radius 2 is 1.61 bits per heavy atom. The first-order chi connectivity index (χ1) is 15.0. The van der Waals surface area contributed by atoms with Gasteiger partial charge in [-0.25, -0.2) is 0 Å². The van der Waals surface area contributed by atoms with Crippen LogP contribution in [-0.2, 0) is 24.9 Å². The summed E-state index contributed by atoms with van der Waals surface area (Å²) in [6.45, 7) is 3.59. The van der Waals surface area contributed by atoms with Gasteiger partial charge in [-0.2, -0.15) is 0 Å². The van der Waals surface area contributed by atoms with Crippen molar-refractivity contribution in [2.45, 2.75) is 26.4 Å². The summed E-state index contributed by atoms with van der Waals surface area (Å²) in [4.78, 5) is 29.9. The fourth-order valence-corrected chi connectivity index (χ4v) is 3.72. The molecule has 3 aromatic rings. The normalized spacial score (nSPS) is 10.7. The molecule has 1 aromatic heterocycles. The largest absolute Gasteiger partial charge is 0.353 e. The average Bonchev–Trinajstić information content (AvgIpc) is 3.18. The monoisotopic (exact) mass is 481 g/mol. The van der Waals surface area contributed by atoms with Crippen molar-refractivity contribution in [3.63, 3.8) is 0 Å². The maximum absolute atomic E-state index is 13.4. The van der Waals surface area contributed by atoms with Crippen LogP contribution >= 0.6 is 15.9 Å². The molecule has 0 aliphatic carbocycles. The highest BCUT2D eigenvalue weighted by molar-refractivity contribution is 9.10. The Bertz CT molecular complexity index is 999. The Labute approximate surface area is 192 Å². The molecule has 162 valence electrons. The number of rotatable bonds is 9. The van der Waals surface area contributed by atoms with Crippen LogP contribution in [0.5, 0.6) is 0 Å². The van der Waals surface area contributed by atoms with E-state index in [0.29, 0.717) is 25.2 Å². The average molecular weight is 482 g/mol. The number of hydrogen-bond acceptors (Lipinski definition) is 2. The van der Waals surface area contributed by atoms with Crippen LogP contribution < -0.4 is 0 Å². The third-order valence-electron chi connectivity index (χ3n) is 5.17. The topological polar surface area (TPSA) is 45.6 Å². The SMILES string of the molecule is CCCN(CC(=O)N(Cc1ccccc1)Cc1cccn1C)C(=O)c1ccc(Br)cc1. The molecular weight excluding hydrogens is 454 g/mol. The van der Waals surface area contributed by atoms with Crippen molar-refractivity contribution in [2.24, 2.45) is 7.05 Å². The van der Waals surface area contributed by atoms with Crippen molar-refractivity contribution in [1.82, 2.24) is 14.4 Å². The van der Waals surface area contributed by atoms with Crippen molar-refractivity contribution in [3.05, 3.63) is 94.2 Å². The minimum absolute atomic E-state index is 0.0555. The molecule has 2 aromatic carbocycles. The van der Waals surface area contributed by atoms with Gasteiger partial charge in [0.15, 0.2) is 0 Å². The van der Waals surface area contributed by atoms with E-state index in [1.807, 2.05) is 84.2 Å². The van der Waals surface area contributed by atoms with E-state index in [1.54, 1.807) is 17.0 Å². The van der Waals surface area contributed by atoms with E-state index < -0.39 is 0 Å². The second kappa shape index (κ2) is 11.0. The summed E-state index contributed by atoms with van der Waals surface area (Å²) >= 11 is 3.40. The third kappa shape index (κ3) is 6.31. The van der Waals surface area contributed by atoms with E-state index in [1.165, 1.54) is 0 Å². The van der Waals surface area contributed by atoms with Gasteiger partial charge in [-0.1, -0.05) is 53.2 Å². The van der Waals surface area contributed by atoms with E-state index in [9.17, 15) is 9.59 Å². The van der Waals surface area contributed by atoms with Gasteiger partial charge in [0.1, 0.15) is 6.54 Å². The minimum atomic E-state index is -0.124. The number of aromatic nitrogens is 1. The smallest absolute Gasteiger partial charge is 0.254 e. The van der Waals surface area contributed by atoms with Gasteiger partial charge in [0.25, 0.3) is 5.91 Å². The molecule has 31 heavy (non-hydrogen) atoms. The highest BCUT2D eigenvalue weighted by atomic mass is 79.9. The van der Waals surface area contributed by atoms with E-state index in [2.05, 4.69) is 15.9 Å². The predicted molar refractivity (Wildman–Crippen MR) is 126 cm³/mol. The van der Waals surface area contributed by atoms with Crippen molar-refractivity contribution in [3.8, 4) is 0 Å². The van der Waals surface area contributed by atoms with Gasteiger partial charge in [0.05, 0.1) is 6.54 Å². The molecular formula is C25H28BrN3O2. The fraction of sp³-hybridized carbons (Fsp3) is 0.280. The molecule has 0 spiro atoms. The molecule has 0 aliphatic rings. The summed E-state index contributed by atoms with van der Waals surface area (Å²) < 4.78 is 2.93. The molecule has 6 heteroatoms. The van der Waals surface area contributed by atoms with Gasteiger partial charge in [0, 0.05) is 42.1 Å². The molecule has 0 aliphatic heterocycles. The molecule has 2 amide bonds. The molecule has 1 heterocycles. The molecule has 0 atom stereocenters. The Morgan fingerprint density at radius 1 is 0.903 bits per heavy atom. The fourth-order valence-electron chi connectivity index (χ4n) is 3.45. The molecule has 0 saturated heterocycles. The van der Waals surface area contributed by atoms with Crippen LogP contribution in [0.4, 0.5) is 0 Å². The first-order valence-electron chi connectivity index (χ1n) is 10.4. The minimum Gasteiger partial charge on any atom is -0.353 e. The van der Waals surface area contributed by atoms with Crippen LogP contribution in [0.1, 0.15) is 35.0 Å². The molecule has 0 fully saturated rings. The molecule has 0 bridgehead atoms. The summed E-state index contributed by atoms with van der Waals surface area (Å²) in [5.74, 6) is -0.190. The number of halogens is 1. The predicted octanol–water partition coefficient (Wildman–Crippen LogP) is 4.87. The lowest BCUT2D eigenvalue weighted by atomic mass is 10.2. The second-order valence-corrected chi connectivity index (χ2v) is 8.50. The van der Waals surface area contributed by atoms with Gasteiger partial charge in [-0.05, 0) is 48.4 Å². The lowest BCUT2D eigenvalue weighted by molar-refractivity contribution is -0.133. The van der Waals surface area contributed by atoms with Gasteiger partial charge in [-0.3, -0.25) is 9.59 Å². The number of nitrogens with zero attached hydrogens (tertiary/aromatic N) is 3. The maximum atomic E-state index is 13.4. The van der Waals surface area contributed by atoms with Crippen molar-refractivity contribution >= 4 is 27.7 Å². The number of amides is 2. The Kier molecular flexibility index (Phi) is 8.06. The quantitative estimate of drug-likeness (QED) is 0.437. The zero-order valence-corrected chi connectivity index (χ0v) is 19.6. The highest BCUT2D eigenvalue weighted by Crippen LogP contribution is 2.15. The zero-order valence-electron chi connectivity index (χ0n) is 18.0. The summed E-state index contributed by atoms with van der Waals surface area (Å²) in [5.41, 5.74) is 2.69. The number of carbonyl (C=O) groups is 2. The van der Waals surface area contributed by atoms with Crippen LogP contribution in [-0.4, -0.2) is 39.3 Å². The first-order valence-corrected chi connectivity index (χ1v) is 11.2. The highest BCUT2D eigenvalue weighted by Gasteiger charge is 2.23. The lowest BCUT2D eigenvalue weighted by Crippen LogP contribution is -2.43. The van der Waals surface area contributed by atoms with Gasteiger partial charge >= 0.3 is 0 Å². The van der Waals surface area contributed by atoms with E-state index in [4.69, 9.17) is 0 Å².